The van der Waals surface area contributed by atoms with Gasteiger partial charge in [0.05, 0.1) is 23.4 Å². The molecule has 6 heteroatoms. The molecule has 0 amide bonds. The fraction of sp³-hybridized carbons (Fsp3) is 0.136. The Morgan fingerprint density at radius 1 is 1.07 bits per heavy atom. The lowest BCUT2D eigenvalue weighted by Gasteiger charge is -2.11. The first kappa shape index (κ1) is 16.5. The zero-order chi connectivity index (χ0) is 19.1. The van der Waals surface area contributed by atoms with Crippen LogP contribution in [-0.2, 0) is 6.42 Å². The molecule has 0 aliphatic rings. The lowest BCUT2D eigenvalue weighted by Crippen LogP contribution is -2.12. The summed E-state index contributed by atoms with van der Waals surface area (Å²) in [6.45, 7) is 0.725. The smallest absolute Gasteiger partial charge is 0.199 e. The Balaban J connectivity index is 1.65. The Morgan fingerprint density at radius 2 is 1.93 bits per heavy atom. The molecule has 0 aliphatic carbocycles. The summed E-state index contributed by atoms with van der Waals surface area (Å²) in [5.74, 6) is 0.640. The number of hydrogen-bond acceptors (Lipinski definition) is 5. The van der Waals surface area contributed by atoms with Gasteiger partial charge in [-0.25, -0.2) is 4.52 Å². The van der Waals surface area contributed by atoms with E-state index in [9.17, 15) is 4.79 Å². The molecule has 0 bridgehead atoms. The van der Waals surface area contributed by atoms with Gasteiger partial charge >= 0.3 is 0 Å². The third-order valence-electron chi connectivity index (χ3n) is 5.09. The van der Waals surface area contributed by atoms with E-state index in [1.54, 1.807) is 17.7 Å². The van der Waals surface area contributed by atoms with Gasteiger partial charge in [-0.3, -0.25) is 4.79 Å². The van der Waals surface area contributed by atoms with Crippen LogP contribution in [0.5, 0.6) is 5.75 Å². The second-order valence-corrected chi connectivity index (χ2v) is 6.73. The maximum absolute atomic E-state index is 13.4. The van der Waals surface area contributed by atoms with Gasteiger partial charge in [0.25, 0.3) is 0 Å². The summed E-state index contributed by atoms with van der Waals surface area (Å²) in [6.07, 6.45) is 0.869. The fourth-order valence-electron chi connectivity index (χ4n) is 3.69. The third-order valence-corrected chi connectivity index (χ3v) is 5.09. The van der Waals surface area contributed by atoms with E-state index in [1.165, 1.54) is 5.56 Å². The average molecular weight is 370 g/mol. The number of benzene rings is 3. The van der Waals surface area contributed by atoms with Gasteiger partial charge < -0.3 is 10.1 Å². The zero-order valence-corrected chi connectivity index (χ0v) is 15.3. The Bertz CT molecular complexity index is 1350. The number of fused-ring (bicyclic) bond motifs is 2. The topological polar surface area (TPSA) is 68.5 Å². The van der Waals surface area contributed by atoms with Gasteiger partial charge in [0.15, 0.2) is 5.43 Å². The van der Waals surface area contributed by atoms with Crippen molar-refractivity contribution in [3.8, 4) is 5.75 Å². The quantitative estimate of drug-likeness (QED) is 0.480. The molecule has 138 valence electrons. The van der Waals surface area contributed by atoms with Crippen molar-refractivity contribution in [3.05, 3.63) is 76.5 Å². The molecule has 3 aromatic carbocycles. The second kappa shape index (κ2) is 6.49. The van der Waals surface area contributed by atoms with Crippen LogP contribution in [0.3, 0.4) is 0 Å². The number of pyridine rings is 1. The van der Waals surface area contributed by atoms with Crippen molar-refractivity contribution >= 4 is 33.0 Å². The van der Waals surface area contributed by atoms with Crippen LogP contribution in [0.4, 0.5) is 5.69 Å². The van der Waals surface area contributed by atoms with E-state index in [2.05, 4.69) is 27.8 Å². The van der Waals surface area contributed by atoms with Crippen molar-refractivity contribution < 1.29 is 4.74 Å². The Kier molecular flexibility index (Phi) is 3.83. The first-order valence-corrected chi connectivity index (χ1v) is 9.15. The summed E-state index contributed by atoms with van der Waals surface area (Å²) in [7, 11) is 1.59. The maximum Gasteiger partial charge on any atom is 0.199 e. The molecule has 1 N–H and O–H groups in total. The molecule has 28 heavy (non-hydrogen) atoms. The molecule has 5 aromatic rings. The van der Waals surface area contributed by atoms with Crippen molar-refractivity contribution in [2.75, 3.05) is 19.0 Å². The van der Waals surface area contributed by atoms with Gasteiger partial charge in [0.2, 0.25) is 0 Å². The summed E-state index contributed by atoms with van der Waals surface area (Å²) in [5.41, 5.74) is 4.17. The normalized spacial score (nSPS) is 11.5. The highest BCUT2D eigenvalue weighted by molar-refractivity contribution is 6.06. The van der Waals surface area contributed by atoms with Crippen LogP contribution in [0.25, 0.3) is 27.3 Å². The summed E-state index contributed by atoms with van der Waals surface area (Å²) >= 11 is 0. The number of methoxy groups -OCH3 is 1. The van der Waals surface area contributed by atoms with Crippen LogP contribution < -0.4 is 15.5 Å². The Hall–Kier alpha value is -3.67. The lowest BCUT2D eigenvalue weighted by atomic mass is 10.1. The van der Waals surface area contributed by atoms with Crippen molar-refractivity contribution in [2.24, 2.45) is 0 Å². The van der Waals surface area contributed by atoms with E-state index in [0.29, 0.717) is 22.0 Å². The maximum atomic E-state index is 13.4. The first-order valence-electron chi connectivity index (χ1n) is 9.15. The highest BCUT2D eigenvalue weighted by atomic mass is 16.5. The molecule has 2 aromatic heterocycles. The molecular weight excluding hydrogens is 352 g/mol. The van der Waals surface area contributed by atoms with Crippen LogP contribution in [-0.4, -0.2) is 28.5 Å². The highest BCUT2D eigenvalue weighted by Gasteiger charge is 2.17. The predicted octanol–water partition coefficient (Wildman–Crippen LogP) is 3.50. The molecule has 0 unspecified atom stereocenters. The minimum Gasteiger partial charge on any atom is -0.497 e. The number of nitrogens with zero attached hydrogens (tertiary/aromatic N) is 3. The van der Waals surface area contributed by atoms with Crippen molar-refractivity contribution in [1.82, 2.24) is 14.8 Å². The van der Waals surface area contributed by atoms with E-state index < -0.39 is 0 Å². The van der Waals surface area contributed by atoms with Crippen LogP contribution >= 0.6 is 0 Å². The summed E-state index contributed by atoms with van der Waals surface area (Å²) in [6, 6.07) is 19.5. The number of anilines is 1. The summed E-state index contributed by atoms with van der Waals surface area (Å²) in [4.78, 5) is 13.4. The molecule has 0 saturated heterocycles. The van der Waals surface area contributed by atoms with Crippen LogP contribution in [0, 0.1) is 0 Å². The number of rotatable bonds is 5. The monoisotopic (exact) mass is 370 g/mol. The molecule has 0 spiro atoms. The lowest BCUT2D eigenvalue weighted by molar-refractivity contribution is 0.415. The Labute approximate surface area is 160 Å². The van der Waals surface area contributed by atoms with E-state index >= 15 is 0 Å². The van der Waals surface area contributed by atoms with Crippen LogP contribution in [0.15, 0.2) is 65.5 Å². The number of nitrogens with one attached hydrogen (secondary N) is 1. The average Bonchev–Trinajstić information content (AvgIpc) is 3.17. The standard InChI is InChI=1S/C22H18N4O2/c1-28-15-7-10-19-16(13-15)22(27)20-17(8-9-18-21(20)26(19)25-24-18)23-12-11-14-5-3-2-4-6-14/h2-10,13,23H,11-12H2,1H3. The molecule has 0 aliphatic heterocycles. The van der Waals surface area contributed by atoms with E-state index in [0.717, 1.165) is 29.7 Å². The number of hydrogen-bond donors (Lipinski definition) is 1. The van der Waals surface area contributed by atoms with E-state index in [1.807, 2.05) is 42.5 Å². The highest BCUT2D eigenvalue weighted by Crippen LogP contribution is 2.28. The van der Waals surface area contributed by atoms with Gasteiger partial charge in [0.1, 0.15) is 16.8 Å². The molecule has 0 atom stereocenters. The first-order chi connectivity index (χ1) is 13.8. The molecule has 0 radical (unpaired) electrons. The predicted molar refractivity (Wildman–Crippen MR) is 111 cm³/mol. The van der Waals surface area contributed by atoms with Crippen molar-refractivity contribution in [2.45, 2.75) is 6.42 Å². The van der Waals surface area contributed by atoms with Gasteiger partial charge in [-0.2, -0.15) is 0 Å². The summed E-state index contributed by atoms with van der Waals surface area (Å²) < 4.78 is 7.04. The Morgan fingerprint density at radius 3 is 2.75 bits per heavy atom. The minimum atomic E-state index is -0.0449. The molecule has 0 fully saturated rings. The minimum absolute atomic E-state index is 0.0449. The second-order valence-electron chi connectivity index (χ2n) is 6.73. The van der Waals surface area contributed by atoms with Crippen LogP contribution in [0.1, 0.15) is 5.56 Å². The van der Waals surface area contributed by atoms with E-state index in [-0.39, 0.29) is 5.43 Å². The van der Waals surface area contributed by atoms with Gasteiger partial charge in [-0.15, -0.1) is 5.10 Å². The van der Waals surface area contributed by atoms with Gasteiger partial charge in [-0.05, 0) is 42.3 Å². The van der Waals surface area contributed by atoms with Crippen LogP contribution in [0.2, 0.25) is 0 Å². The zero-order valence-electron chi connectivity index (χ0n) is 15.3. The molecule has 6 nitrogen and oxygen atoms in total. The largest absolute Gasteiger partial charge is 0.497 e. The SMILES string of the molecule is COc1ccc2c(c1)c(=O)c1c(NCCc3ccccc3)ccc3nnn2c31. The molecule has 2 heterocycles. The van der Waals surface area contributed by atoms with Crippen molar-refractivity contribution in [1.29, 1.82) is 0 Å². The van der Waals surface area contributed by atoms with Gasteiger partial charge in [0, 0.05) is 12.2 Å². The number of aromatic nitrogens is 3. The molecular formula is C22H18N4O2. The van der Waals surface area contributed by atoms with Gasteiger partial charge in [-0.1, -0.05) is 35.5 Å². The third kappa shape index (κ3) is 2.53. The number of ether oxygens (including phenoxy) is 1. The summed E-state index contributed by atoms with van der Waals surface area (Å²) in [5, 5.41) is 13.1. The molecule has 5 rings (SSSR count). The van der Waals surface area contributed by atoms with E-state index in [4.69, 9.17) is 4.74 Å². The fourth-order valence-corrected chi connectivity index (χ4v) is 3.69. The van der Waals surface area contributed by atoms with Crippen molar-refractivity contribution in [3.63, 3.8) is 0 Å². The molecule has 0 saturated carbocycles.